The van der Waals surface area contributed by atoms with E-state index in [0.717, 1.165) is 18.5 Å². The Balaban J connectivity index is 2.01. The summed E-state index contributed by atoms with van der Waals surface area (Å²) in [4.78, 5) is 25.4. The number of hydrogen-bond donors (Lipinski definition) is 2. The highest BCUT2D eigenvalue weighted by molar-refractivity contribution is 5.97. The van der Waals surface area contributed by atoms with E-state index in [1.807, 2.05) is 31.2 Å². The lowest BCUT2D eigenvalue weighted by molar-refractivity contribution is -0.144. The van der Waals surface area contributed by atoms with E-state index in [1.165, 1.54) is 5.56 Å². The van der Waals surface area contributed by atoms with Crippen molar-refractivity contribution < 1.29 is 14.7 Å². The predicted molar refractivity (Wildman–Crippen MR) is 81.5 cm³/mol. The van der Waals surface area contributed by atoms with Gasteiger partial charge in [-0.3, -0.25) is 14.9 Å². The predicted octanol–water partition coefficient (Wildman–Crippen LogP) is 1.81. The molecule has 1 aromatic carbocycles. The quantitative estimate of drug-likeness (QED) is 0.838. The summed E-state index contributed by atoms with van der Waals surface area (Å²) in [5.41, 5.74) is 1.06. The van der Waals surface area contributed by atoms with Crippen LogP contribution in [0.2, 0.25) is 0 Å². The van der Waals surface area contributed by atoms with E-state index in [9.17, 15) is 14.7 Å². The maximum absolute atomic E-state index is 12.4. The Morgan fingerprint density at radius 3 is 2.76 bits per heavy atom. The summed E-state index contributed by atoms with van der Waals surface area (Å²) in [6.07, 6.45) is 2.09. The van der Waals surface area contributed by atoms with Crippen LogP contribution in [0, 0.1) is 0 Å². The first-order valence-corrected chi connectivity index (χ1v) is 7.34. The van der Waals surface area contributed by atoms with Crippen molar-refractivity contribution in [3.05, 3.63) is 29.8 Å². The molecule has 1 aliphatic heterocycles. The van der Waals surface area contributed by atoms with Crippen LogP contribution in [0.25, 0.3) is 0 Å². The third-order valence-corrected chi connectivity index (χ3v) is 4.04. The van der Waals surface area contributed by atoms with Gasteiger partial charge in [-0.1, -0.05) is 31.5 Å². The highest BCUT2D eigenvalue weighted by Gasteiger charge is 2.33. The monoisotopic (exact) mass is 290 g/mol. The molecule has 0 bridgehead atoms. The number of anilines is 1. The molecule has 0 radical (unpaired) electrons. The van der Waals surface area contributed by atoms with Gasteiger partial charge in [0, 0.05) is 12.2 Å². The minimum atomic E-state index is -1.05. The van der Waals surface area contributed by atoms with Gasteiger partial charge in [-0.05, 0) is 31.4 Å². The fraction of sp³-hybridized carbons (Fsp3) is 0.500. The number of aliphatic carboxylic acids is 1. The molecule has 0 aromatic heterocycles. The summed E-state index contributed by atoms with van der Waals surface area (Å²) in [6, 6.07) is 7.83. The zero-order valence-corrected chi connectivity index (χ0v) is 12.6. The highest BCUT2D eigenvalue weighted by atomic mass is 16.4. The number of amides is 1. The largest absolute Gasteiger partial charge is 0.480 e. The van der Waals surface area contributed by atoms with Gasteiger partial charge in [0.2, 0.25) is 5.91 Å². The normalized spacial score (nSPS) is 16.4. The van der Waals surface area contributed by atoms with Crippen molar-refractivity contribution in [1.29, 1.82) is 0 Å². The zero-order chi connectivity index (χ0) is 15.5. The first-order chi connectivity index (χ1) is 9.98. The lowest BCUT2D eigenvalue weighted by atomic mass is 9.96. The molecule has 0 spiro atoms. The number of carboxylic acid groups (broad SMARTS) is 1. The molecule has 0 aliphatic carbocycles. The average molecular weight is 290 g/mol. The number of rotatable bonds is 6. The van der Waals surface area contributed by atoms with Crippen molar-refractivity contribution in [3.8, 4) is 0 Å². The molecule has 1 amide bonds. The second kappa shape index (κ2) is 6.26. The Morgan fingerprint density at radius 1 is 1.38 bits per heavy atom. The number of para-hydroxylation sites is 1. The summed E-state index contributed by atoms with van der Waals surface area (Å²) in [6.45, 7) is 4.26. The minimum absolute atomic E-state index is 0.0388. The molecule has 2 N–H and O–H groups in total. The van der Waals surface area contributed by atoms with Crippen LogP contribution in [-0.4, -0.2) is 35.6 Å². The van der Waals surface area contributed by atoms with Crippen molar-refractivity contribution in [2.45, 2.75) is 38.6 Å². The fourth-order valence-corrected chi connectivity index (χ4v) is 2.73. The summed E-state index contributed by atoms with van der Waals surface area (Å²) < 4.78 is 0. The summed E-state index contributed by atoms with van der Waals surface area (Å²) in [7, 11) is 0. The number of carbonyl (C=O) groups excluding carboxylic acids is 1. The maximum Gasteiger partial charge on any atom is 0.323 e. The summed E-state index contributed by atoms with van der Waals surface area (Å²) in [5.74, 6) is -0.998. The molecule has 21 heavy (non-hydrogen) atoms. The molecular weight excluding hydrogens is 268 g/mol. The van der Waals surface area contributed by atoms with Gasteiger partial charge < -0.3 is 10.0 Å². The van der Waals surface area contributed by atoms with Crippen LogP contribution in [-0.2, 0) is 16.0 Å². The lowest BCUT2D eigenvalue weighted by Crippen LogP contribution is -2.53. The molecule has 114 valence electrons. The van der Waals surface area contributed by atoms with Gasteiger partial charge in [-0.2, -0.15) is 0 Å². The Kier molecular flexibility index (Phi) is 4.63. The van der Waals surface area contributed by atoms with Crippen molar-refractivity contribution in [3.63, 3.8) is 0 Å². The van der Waals surface area contributed by atoms with E-state index in [0.29, 0.717) is 13.0 Å². The van der Waals surface area contributed by atoms with Crippen molar-refractivity contribution in [2.24, 2.45) is 0 Å². The topological polar surface area (TPSA) is 69.6 Å². The molecule has 1 unspecified atom stereocenters. The second-order valence-corrected chi connectivity index (χ2v) is 5.66. The molecule has 0 saturated heterocycles. The molecule has 1 aromatic rings. The molecule has 0 saturated carbocycles. The molecule has 5 heteroatoms. The van der Waals surface area contributed by atoms with Gasteiger partial charge in [-0.15, -0.1) is 0 Å². The smallest absolute Gasteiger partial charge is 0.323 e. The third-order valence-electron chi connectivity index (χ3n) is 4.04. The first kappa shape index (κ1) is 15.5. The second-order valence-electron chi connectivity index (χ2n) is 5.66. The molecule has 1 aliphatic rings. The molecule has 1 heterocycles. The van der Waals surface area contributed by atoms with Crippen LogP contribution in [0.5, 0.6) is 0 Å². The van der Waals surface area contributed by atoms with Crippen LogP contribution >= 0.6 is 0 Å². The lowest BCUT2D eigenvalue weighted by Gasteiger charge is -2.27. The average Bonchev–Trinajstić information content (AvgIpc) is 2.89. The number of benzene rings is 1. The van der Waals surface area contributed by atoms with Gasteiger partial charge in [0.05, 0.1) is 6.54 Å². The molecule has 0 fully saturated rings. The van der Waals surface area contributed by atoms with E-state index >= 15 is 0 Å². The SMILES string of the molecule is CCCC(C)(NCC(=O)N1CCc2ccccc21)C(=O)O. The van der Waals surface area contributed by atoms with E-state index < -0.39 is 11.5 Å². The third kappa shape index (κ3) is 3.24. The van der Waals surface area contributed by atoms with Gasteiger partial charge >= 0.3 is 5.97 Å². The standard InChI is InChI=1S/C16H22N2O3/c1-3-9-16(2,15(20)21)17-11-14(19)18-10-8-12-6-4-5-7-13(12)18/h4-7,17H,3,8-11H2,1-2H3,(H,20,21). The summed E-state index contributed by atoms with van der Waals surface area (Å²) >= 11 is 0. The minimum Gasteiger partial charge on any atom is -0.480 e. The molecule has 5 nitrogen and oxygen atoms in total. The fourth-order valence-electron chi connectivity index (χ4n) is 2.73. The highest BCUT2D eigenvalue weighted by Crippen LogP contribution is 2.27. The van der Waals surface area contributed by atoms with E-state index in [1.54, 1.807) is 11.8 Å². The van der Waals surface area contributed by atoms with Crippen LogP contribution < -0.4 is 10.2 Å². The van der Waals surface area contributed by atoms with E-state index in [2.05, 4.69) is 5.32 Å². The number of carboxylic acids is 1. The van der Waals surface area contributed by atoms with E-state index in [4.69, 9.17) is 0 Å². The van der Waals surface area contributed by atoms with Gasteiger partial charge in [0.25, 0.3) is 0 Å². The first-order valence-electron chi connectivity index (χ1n) is 7.34. The van der Waals surface area contributed by atoms with Crippen LogP contribution in [0.1, 0.15) is 32.3 Å². The van der Waals surface area contributed by atoms with E-state index in [-0.39, 0.29) is 12.5 Å². The molecule has 2 rings (SSSR count). The number of hydrogen-bond acceptors (Lipinski definition) is 3. The van der Waals surface area contributed by atoms with Gasteiger partial charge in [0.15, 0.2) is 0 Å². The van der Waals surface area contributed by atoms with Gasteiger partial charge in [0.1, 0.15) is 5.54 Å². The maximum atomic E-state index is 12.4. The Bertz CT molecular complexity index is 544. The molecular formula is C16H22N2O3. The van der Waals surface area contributed by atoms with Crippen molar-refractivity contribution in [2.75, 3.05) is 18.0 Å². The van der Waals surface area contributed by atoms with Crippen LogP contribution in [0.4, 0.5) is 5.69 Å². The van der Waals surface area contributed by atoms with Crippen molar-refractivity contribution in [1.82, 2.24) is 5.32 Å². The van der Waals surface area contributed by atoms with Crippen LogP contribution in [0.15, 0.2) is 24.3 Å². The Hall–Kier alpha value is -1.88. The number of nitrogens with zero attached hydrogens (tertiary/aromatic N) is 1. The van der Waals surface area contributed by atoms with Gasteiger partial charge in [-0.25, -0.2) is 0 Å². The van der Waals surface area contributed by atoms with Crippen LogP contribution in [0.3, 0.4) is 0 Å². The number of carbonyl (C=O) groups is 2. The molecule has 1 atom stereocenters. The number of fused-ring (bicyclic) bond motifs is 1. The summed E-state index contributed by atoms with van der Waals surface area (Å²) in [5, 5.41) is 12.2. The Morgan fingerprint density at radius 2 is 2.10 bits per heavy atom. The number of nitrogens with one attached hydrogen (secondary N) is 1. The zero-order valence-electron chi connectivity index (χ0n) is 12.6. The van der Waals surface area contributed by atoms with Crippen molar-refractivity contribution >= 4 is 17.6 Å². The Labute approximate surface area is 125 Å².